The Kier molecular flexibility index (Phi) is 5.45. The lowest BCUT2D eigenvalue weighted by Gasteiger charge is -2.22. The van der Waals surface area contributed by atoms with Crippen molar-refractivity contribution in [2.24, 2.45) is 0 Å². The zero-order valence-corrected chi connectivity index (χ0v) is 14.3. The standard InChI is InChI=1S/C13H21ClN2O2S2/c1-3-5-16-9-13(7-12(16)8-14)20(17,18)15(2)11-4-6-19-10-11/h7,9,11H,3-6,8,10H2,1-2H3. The fourth-order valence-corrected chi connectivity index (χ4v) is 5.44. The van der Waals surface area contributed by atoms with E-state index in [1.54, 1.807) is 19.3 Å². The van der Waals surface area contributed by atoms with Crippen LogP contribution in [0.25, 0.3) is 0 Å². The summed E-state index contributed by atoms with van der Waals surface area (Å²) in [6.45, 7) is 2.86. The predicted octanol–water partition coefficient (Wildman–Crippen LogP) is 2.76. The molecule has 1 fully saturated rings. The fourth-order valence-electron chi connectivity index (χ4n) is 2.40. The fraction of sp³-hybridized carbons (Fsp3) is 0.692. The largest absolute Gasteiger partial charge is 0.349 e. The first-order valence-corrected chi connectivity index (χ1v) is 9.94. The predicted molar refractivity (Wildman–Crippen MR) is 85.0 cm³/mol. The molecule has 0 N–H and O–H groups in total. The van der Waals surface area contributed by atoms with Crippen molar-refractivity contribution in [1.82, 2.24) is 8.87 Å². The molecule has 0 aliphatic carbocycles. The maximum absolute atomic E-state index is 12.7. The molecule has 0 amide bonds. The highest BCUT2D eigenvalue weighted by Gasteiger charge is 2.31. The summed E-state index contributed by atoms with van der Waals surface area (Å²) in [5, 5.41) is 0. The molecule has 0 saturated carbocycles. The van der Waals surface area contributed by atoms with Crippen LogP contribution in [0.5, 0.6) is 0 Å². The van der Waals surface area contributed by atoms with Gasteiger partial charge in [-0.3, -0.25) is 0 Å². The Morgan fingerprint density at radius 1 is 1.55 bits per heavy atom. The van der Waals surface area contributed by atoms with Gasteiger partial charge in [0.25, 0.3) is 0 Å². The van der Waals surface area contributed by atoms with Gasteiger partial charge in [0.15, 0.2) is 0 Å². The van der Waals surface area contributed by atoms with Crippen molar-refractivity contribution in [3.63, 3.8) is 0 Å². The number of aromatic nitrogens is 1. The summed E-state index contributed by atoms with van der Waals surface area (Å²) in [4.78, 5) is 0.362. The second-order valence-electron chi connectivity index (χ2n) is 5.03. The van der Waals surface area contributed by atoms with E-state index in [4.69, 9.17) is 11.6 Å². The van der Waals surface area contributed by atoms with Crippen LogP contribution in [0.4, 0.5) is 0 Å². The van der Waals surface area contributed by atoms with Crippen molar-refractivity contribution >= 4 is 33.4 Å². The summed E-state index contributed by atoms with van der Waals surface area (Å²) in [5.74, 6) is 2.25. The van der Waals surface area contributed by atoms with Crippen molar-refractivity contribution in [2.75, 3.05) is 18.6 Å². The second-order valence-corrected chi connectivity index (χ2v) is 8.45. The van der Waals surface area contributed by atoms with E-state index in [1.165, 1.54) is 4.31 Å². The van der Waals surface area contributed by atoms with E-state index in [0.29, 0.717) is 10.8 Å². The molecule has 0 aromatic carbocycles. The first-order chi connectivity index (χ1) is 9.50. The van der Waals surface area contributed by atoms with Gasteiger partial charge in [0.05, 0.1) is 5.88 Å². The Labute approximate surface area is 130 Å². The number of hydrogen-bond donors (Lipinski definition) is 0. The Balaban J connectivity index is 2.28. The third-order valence-corrected chi connectivity index (χ3v) is 6.95. The highest BCUT2D eigenvalue weighted by Crippen LogP contribution is 2.27. The van der Waals surface area contributed by atoms with Crippen LogP contribution in [0.1, 0.15) is 25.5 Å². The van der Waals surface area contributed by atoms with Gasteiger partial charge >= 0.3 is 0 Å². The lowest BCUT2D eigenvalue weighted by Crippen LogP contribution is -2.36. The molecule has 1 aliphatic heterocycles. The molecule has 0 radical (unpaired) electrons. The molecule has 2 rings (SSSR count). The Morgan fingerprint density at radius 3 is 2.85 bits per heavy atom. The molecular formula is C13H21ClN2O2S2. The van der Waals surface area contributed by atoms with Crippen molar-refractivity contribution < 1.29 is 8.42 Å². The number of rotatable bonds is 6. The molecular weight excluding hydrogens is 316 g/mol. The maximum Gasteiger partial charge on any atom is 0.244 e. The topological polar surface area (TPSA) is 42.3 Å². The smallest absolute Gasteiger partial charge is 0.244 e. The summed E-state index contributed by atoms with van der Waals surface area (Å²) in [6.07, 6.45) is 3.60. The quantitative estimate of drug-likeness (QED) is 0.750. The monoisotopic (exact) mass is 336 g/mol. The van der Waals surface area contributed by atoms with E-state index in [0.717, 1.165) is 36.6 Å². The van der Waals surface area contributed by atoms with Crippen LogP contribution < -0.4 is 0 Å². The highest BCUT2D eigenvalue weighted by molar-refractivity contribution is 7.99. The lowest BCUT2D eigenvalue weighted by atomic mass is 10.3. The number of alkyl halides is 1. The van der Waals surface area contributed by atoms with Gasteiger partial charge in [-0.1, -0.05) is 6.92 Å². The van der Waals surface area contributed by atoms with Gasteiger partial charge in [-0.05, 0) is 24.7 Å². The zero-order valence-electron chi connectivity index (χ0n) is 11.9. The van der Waals surface area contributed by atoms with Gasteiger partial charge in [0.1, 0.15) is 4.90 Å². The normalized spacial score (nSPS) is 19.9. The minimum absolute atomic E-state index is 0.110. The Hall–Kier alpha value is -0.170. The first-order valence-electron chi connectivity index (χ1n) is 6.81. The van der Waals surface area contributed by atoms with Crippen LogP contribution in [-0.2, 0) is 22.4 Å². The average molecular weight is 337 g/mol. The van der Waals surface area contributed by atoms with E-state index in [-0.39, 0.29) is 6.04 Å². The molecule has 0 bridgehead atoms. The summed E-state index contributed by atoms with van der Waals surface area (Å²) < 4.78 is 28.8. The minimum atomic E-state index is -3.41. The van der Waals surface area contributed by atoms with E-state index in [2.05, 4.69) is 6.92 Å². The van der Waals surface area contributed by atoms with Crippen LogP contribution in [-0.4, -0.2) is 41.9 Å². The van der Waals surface area contributed by atoms with Gasteiger partial charge in [0.2, 0.25) is 10.0 Å². The summed E-state index contributed by atoms with van der Waals surface area (Å²) >= 11 is 7.72. The number of nitrogens with zero attached hydrogens (tertiary/aromatic N) is 2. The highest BCUT2D eigenvalue weighted by atomic mass is 35.5. The number of sulfonamides is 1. The van der Waals surface area contributed by atoms with Gasteiger partial charge in [0, 0.05) is 37.3 Å². The Morgan fingerprint density at radius 2 is 2.30 bits per heavy atom. The summed E-state index contributed by atoms with van der Waals surface area (Å²) in [5.41, 5.74) is 0.862. The van der Waals surface area contributed by atoms with E-state index in [9.17, 15) is 8.42 Å². The molecule has 1 aliphatic rings. The number of hydrogen-bond acceptors (Lipinski definition) is 3. The minimum Gasteiger partial charge on any atom is -0.349 e. The van der Waals surface area contributed by atoms with Crippen LogP contribution >= 0.6 is 23.4 Å². The molecule has 1 aromatic rings. The first kappa shape index (κ1) is 16.2. The average Bonchev–Trinajstić information content (AvgIpc) is 3.07. The van der Waals surface area contributed by atoms with Gasteiger partial charge in [-0.2, -0.15) is 16.1 Å². The van der Waals surface area contributed by atoms with Crippen LogP contribution in [0.3, 0.4) is 0 Å². The van der Waals surface area contributed by atoms with Crippen LogP contribution in [0, 0.1) is 0 Å². The molecule has 4 nitrogen and oxygen atoms in total. The molecule has 1 saturated heterocycles. The molecule has 1 aromatic heterocycles. The SMILES string of the molecule is CCCn1cc(S(=O)(=O)N(C)C2CCSC2)cc1CCl. The van der Waals surface area contributed by atoms with Crippen molar-refractivity contribution in [3.8, 4) is 0 Å². The van der Waals surface area contributed by atoms with E-state index >= 15 is 0 Å². The molecule has 7 heteroatoms. The van der Waals surface area contributed by atoms with Gasteiger partial charge in [-0.15, -0.1) is 11.6 Å². The Bertz CT molecular complexity index is 551. The van der Waals surface area contributed by atoms with Crippen LogP contribution in [0.2, 0.25) is 0 Å². The molecule has 114 valence electrons. The molecule has 1 unspecified atom stereocenters. The van der Waals surface area contributed by atoms with Crippen molar-refractivity contribution in [2.45, 2.75) is 43.1 Å². The third kappa shape index (κ3) is 3.18. The second kappa shape index (κ2) is 6.73. The molecule has 1 atom stereocenters. The van der Waals surface area contributed by atoms with Crippen molar-refractivity contribution in [3.05, 3.63) is 18.0 Å². The van der Waals surface area contributed by atoms with E-state index < -0.39 is 10.0 Å². The van der Waals surface area contributed by atoms with E-state index in [1.807, 2.05) is 16.3 Å². The molecule has 0 spiro atoms. The number of halogens is 1. The summed E-state index contributed by atoms with van der Waals surface area (Å²) in [6, 6.07) is 1.82. The van der Waals surface area contributed by atoms with Gasteiger partial charge < -0.3 is 4.57 Å². The zero-order chi connectivity index (χ0) is 14.8. The molecule has 2 heterocycles. The number of thioether (sulfide) groups is 1. The lowest BCUT2D eigenvalue weighted by molar-refractivity contribution is 0.394. The maximum atomic E-state index is 12.7. The van der Waals surface area contributed by atoms with Crippen molar-refractivity contribution in [1.29, 1.82) is 0 Å². The third-order valence-electron chi connectivity index (χ3n) is 3.66. The number of aryl methyl sites for hydroxylation is 1. The molecule has 20 heavy (non-hydrogen) atoms. The van der Waals surface area contributed by atoms with Gasteiger partial charge in [-0.25, -0.2) is 8.42 Å². The van der Waals surface area contributed by atoms with Crippen LogP contribution in [0.15, 0.2) is 17.2 Å². The summed E-state index contributed by atoms with van der Waals surface area (Å²) in [7, 11) is -1.73.